The van der Waals surface area contributed by atoms with E-state index in [0.717, 1.165) is 25.1 Å². The molecule has 7 heteroatoms. The van der Waals surface area contributed by atoms with Gasteiger partial charge in [-0.25, -0.2) is 9.78 Å². The van der Waals surface area contributed by atoms with Crippen LogP contribution in [-0.4, -0.2) is 40.5 Å². The fourth-order valence-corrected chi connectivity index (χ4v) is 4.07. The number of rotatable bonds is 5. The highest BCUT2D eigenvalue weighted by atomic mass is 32.1. The molecule has 132 valence electrons. The summed E-state index contributed by atoms with van der Waals surface area (Å²) in [6.07, 6.45) is 5.72. The monoisotopic (exact) mass is 350 g/mol. The van der Waals surface area contributed by atoms with Gasteiger partial charge in [-0.1, -0.05) is 0 Å². The molecule has 24 heavy (non-hydrogen) atoms. The first-order valence-electron chi connectivity index (χ1n) is 8.83. The molecule has 3 amide bonds. The van der Waals surface area contributed by atoms with E-state index in [1.807, 2.05) is 10.3 Å². The summed E-state index contributed by atoms with van der Waals surface area (Å²) in [6, 6.07) is -0.570. The van der Waals surface area contributed by atoms with Crippen LogP contribution in [0.5, 0.6) is 0 Å². The van der Waals surface area contributed by atoms with E-state index in [2.05, 4.69) is 22.5 Å². The predicted octanol–water partition coefficient (Wildman–Crippen LogP) is 2.61. The molecule has 1 aromatic rings. The Balaban J connectivity index is 1.43. The summed E-state index contributed by atoms with van der Waals surface area (Å²) in [5.74, 6) is 0.642. The van der Waals surface area contributed by atoms with Crippen molar-refractivity contribution in [3.8, 4) is 0 Å². The van der Waals surface area contributed by atoms with Crippen molar-refractivity contribution in [3.63, 3.8) is 0 Å². The van der Waals surface area contributed by atoms with E-state index in [1.54, 1.807) is 18.3 Å². The minimum absolute atomic E-state index is 0.00188. The average Bonchev–Trinajstić information content (AvgIpc) is 3.31. The Bertz CT molecular complexity index is 599. The Morgan fingerprint density at radius 1 is 1.38 bits per heavy atom. The zero-order valence-corrected chi connectivity index (χ0v) is 15.2. The summed E-state index contributed by atoms with van der Waals surface area (Å²) in [6.45, 7) is 5.01. The third-order valence-corrected chi connectivity index (χ3v) is 5.79. The van der Waals surface area contributed by atoms with Gasteiger partial charge in [0.1, 0.15) is 6.04 Å². The first-order valence-corrected chi connectivity index (χ1v) is 9.71. The standard InChI is InChI=1S/C17H26N4O2S/c1-11-5-3-4-8-21(11)16(22)12(2)19-17(23)18-9-14-10-24-15(20-14)13-6-7-13/h10-13H,3-9H2,1-2H3,(H2,18,19,23). The summed E-state index contributed by atoms with van der Waals surface area (Å²) >= 11 is 1.67. The number of urea groups is 1. The number of aromatic nitrogens is 1. The third-order valence-electron chi connectivity index (χ3n) is 4.73. The second kappa shape index (κ2) is 7.51. The summed E-state index contributed by atoms with van der Waals surface area (Å²) < 4.78 is 0. The Morgan fingerprint density at radius 3 is 2.88 bits per heavy atom. The van der Waals surface area contributed by atoms with Crippen molar-refractivity contribution >= 4 is 23.3 Å². The van der Waals surface area contributed by atoms with Crippen molar-refractivity contribution in [1.82, 2.24) is 20.5 Å². The highest BCUT2D eigenvalue weighted by Gasteiger charge is 2.28. The molecule has 0 aromatic carbocycles. The molecule has 0 bridgehead atoms. The predicted molar refractivity (Wildman–Crippen MR) is 93.9 cm³/mol. The van der Waals surface area contributed by atoms with E-state index in [-0.39, 0.29) is 18.0 Å². The first kappa shape index (κ1) is 17.2. The molecule has 2 unspecified atom stereocenters. The van der Waals surface area contributed by atoms with E-state index in [9.17, 15) is 9.59 Å². The van der Waals surface area contributed by atoms with E-state index < -0.39 is 6.04 Å². The van der Waals surface area contributed by atoms with Crippen molar-refractivity contribution in [1.29, 1.82) is 0 Å². The number of thiazole rings is 1. The lowest BCUT2D eigenvalue weighted by Crippen LogP contribution is -2.53. The number of carbonyl (C=O) groups is 2. The highest BCUT2D eigenvalue weighted by molar-refractivity contribution is 7.09. The molecule has 1 aromatic heterocycles. The van der Waals surface area contributed by atoms with Crippen molar-refractivity contribution in [2.24, 2.45) is 0 Å². The van der Waals surface area contributed by atoms with Gasteiger partial charge < -0.3 is 15.5 Å². The number of hydrogen-bond acceptors (Lipinski definition) is 4. The molecule has 1 saturated heterocycles. The van der Waals surface area contributed by atoms with Crippen LogP contribution in [0.3, 0.4) is 0 Å². The average molecular weight is 350 g/mol. The van der Waals surface area contributed by atoms with Crippen LogP contribution in [0.15, 0.2) is 5.38 Å². The van der Waals surface area contributed by atoms with Gasteiger partial charge in [0, 0.05) is 23.9 Å². The molecule has 3 rings (SSSR count). The maximum absolute atomic E-state index is 12.5. The maximum Gasteiger partial charge on any atom is 0.315 e. The minimum Gasteiger partial charge on any atom is -0.338 e. The van der Waals surface area contributed by atoms with Crippen LogP contribution >= 0.6 is 11.3 Å². The van der Waals surface area contributed by atoms with Gasteiger partial charge >= 0.3 is 6.03 Å². The van der Waals surface area contributed by atoms with E-state index in [1.165, 1.54) is 24.3 Å². The topological polar surface area (TPSA) is 74.3 Å². The number of piperidine rings is 1. The fraction of sp³-hybridized carbons (Fsp3) is 0.706. The second-order valence-electron chi connectivity index (χ2n) is 6.88. The molecule has 2 atom stereocenters. The third kappa shape index (κ3) is 4.26. The summed E-state index contributed by atoms with van der Waals surface area (Å²) in [5.41, 5.74) is 0.890. The fourth-order valence-electron chi connectivity index (χ4n) is 3.08. The normalized spacial score (nSPS) is 22.1. The zero-order valence-electron chi connectivity index (χ0n) is 14.4. The van der Waals surface area contributed by atoms with Crippen LogP contribution in [0.2, 0.25) is 0 Å². The maximum atomic E-state index is 12.5. The SMILES string of the molecule is CC(NC(=O)NCc1csc(C2CC2)n1)C(=O)N1CCCCC1C. The molecule has 1 aliphatic heterocycles. The molecule has 2 heterocycles. The van der Waals surface area contributed by atoms with Crippen molar-refractivity contribution in [2.75, 3.05) is 6.54 Å². The number of carbonyl (C=O) groups excluding carboxylic acids is 2. The van der Waals surface area contributed by atoms with Crippen LogP contribution in [0.4, 0.5) is 4.79 Å². The van der Waals surface area contributed by atoms with Gasteiger partial charge in [0.25, 0.3) is 0 Å². The Hall–Kier alpha value is -1.63. The number of nitrogens with zero attached hydrogens (tertiary/aromatic N) is 2. The molecular weight excluding hydrogens is 324 g/mol. The molecular formula is C17H26N4O2S. The van der Waals surface area contributed by atoms with Crippen molar-refractivity contribution < 1.29 is 9.59 Å². The molecule has 2 N–H and O–H groups in total. The quantitative estimate of drug-likeness (QED) is 0.857. The summed E-state index contributed by atoms with van der Waals surface area (Å²) in [4.78, 5) is 30.9. The summed E-state index contributed by atoms with van der Waals surface area (Å²) in [7, 11) is 0. The minimum atomic E-state index is -0.511. The van der Waals surface area contributed by atoms with Crippen molar-refractivity contribution in [3.05, 3.63) is 16.1 Å². The van der Waals surface area contributed by atoms with Gasteiger partial charge in [-0.3, -0.25) is 4.79 Å². The van der Waals surface area contributed by atoms with Gasteiger partial charge in [0.15, 0.2) is 0 Å². The molecule has 2 aliphatic rings. The van der Waals surface area contributed by atoms with Gasteiger partial charge in [-0.05, 0) is 46.0 Å². The molecule has 2 fully saturated rings. The molecule has 1 saturated carbocycles. The second-order valence-corrected chi connectivity index (χ2v) is 7.77. The van der Waals surface area contributed by atoms with Gasteiger partial charge in [-0.2, -0.15) is 0 Å². The van der Waals surface area contributed by atoms with Crippen LogP contribution < -0.4 is 10.6 Å². The number of amides is 3. The highest BCUT2D eigenvalue weighted by Crippen LogP contribution is 2.41. The lowest BCUT2D eigenvalue weighted by atomic mass is 10.0. The number of likely N-dealkylation sites (tertiary alicyclic amines) is 1. The van der Waals surface area contributed by atoms with Crippen LogP contribution in [0.25, 0.3) is 0 Å². The van der Waals surface area contributed by atoms with Crippen molar-refractivity contribution in [2.45, 2.75) is 70.5 Å². The van der Waals surface area contributed by atoms with Gasteiger partial charge in [-0.15, -0.1) is 11.3 Å². The largest absolute Gasteiger partial charge is 0.338 e. The molecule has 0 spiro atoms. The van der Waals surface area contributed by atoms with Crippen LogP contribution in [0.1, 0.15) is 62.6 Å². The van der Waals surface area contributed by atoms with E-state index >= 15 is 0 Å². The van der Waals surface area contributed by atoms with Crippen LogP contribution in [0, 0.1) is 0 Å². The first-order chi connectivity index (χ1) is 11.5. The summed E-state index contributed by atoms with van der Waals surface area (Å²) in [5, 5.41) is 8.71. The number of nitrogens with one attached hydrogen (secondary N) is 2. The van der Waals surface area contributed by atoms with E-state index in [0.29, 0.717) is 12.5 Å². The molecule has 1 aliphatic carbocycles. The lowest BCUT2D eigenvalue weighted by Gasteiger charge is -2.35. The van der Waals surface area contributed by atoms with Crippen LogP contribution in [-0.2, 0) is 11.3 Å². The van der Waals surface area contributed by atoms with Gasteiger partial charge in [0.2, 0.25) is 5.91 Å². The Kier molecular flexibility index (Phi) is 5.38. The Morgan fingerprint density at radius 2 is 2.17 bits per heavy atom. The Labute approximate surface area is 147 Å². The smallest absolute Gasteiger partial charge is 0.315 e. The molecule has 6 nitrogen and oxygen atoms in total. The zero-order chi connectivity index (χ0) is 17.1. The van der Waals surface area contributed by atoms with Gasteiger partial charge in [0.05, 0.1) is 17.2 Å². The molecule has 0 radical (unpaired) electrons. The number of hydrogen-bond donors (Lipinski definition) is 2. The lowest BCUT2D eigenvalue weighted by molar-refractivity contribution is -0.136. The van der Waals surface area contributed by atoms with E-state index in [4.69, 9.17) is 0 Å².